The standard InChI is InChI=1S/C13H14ClN3O/c1-2-18-11-5-3-4-10(8-11)9-15-13-7-6-12(14)16-17-13/h3-8H,2,9H2,1H3,(H,15,17). The number of aromatic nitrogens is 2. The molecule has 18 heavy (non-hydrogen) atoms. The molecule has 0 atom stereocenters. The third-order valence-electron chi connectivity index (χ3n) is 2.32. The Bertz CT molecular complexity index is 502. The van der Waals surface area contributed by atoms with Gasteiger partial charge in [-0.25, -0.2) is 0 Å². The Hall–Kier alpha value is -1.81. The fraction of sp³-hybridized carbons (Fsp3) is 0.231. The second kappa shape index (κ2) is 6.21. The molecule has 0 aliphatic heterocycles. The molecule has 0 fully saturated rings. The zero-order valence-electron chi connectivity index (χ0n) is 10.1. The monoisotopic (exact) mass is 263 g/mol. The molecule has 0 saturated heterocycles. The van der Waals surface area contributed by atoms with Crippen LogP contribution in [0.15, 0.2) is 36.4 Å². The molecule has 5 heteroatoms. The van der Waals surface area contributed by atoms with E-state index in [-0.39, 0.29) is 0 Å². The van der Waals surface area contributed by atoms with Gasteiger partial charge in [0, 0.05) is 6.54 Å². The van der Waals surface area contributed by atoms with Crippen LogP contribution in [-0.4, -0.2) is 16.8 Å². The summed E-state index contributed by atoms with van der Waals surface area (Å²) < 4.78 is 5.44. The van der Waals surface area contributed by atoms with Crippen LogP contribution in [0.3, 0.4) is 0 Å². The molecule has 94 valence electrons. The van der Waals surface area contributed by atoms with Crippen molar-refractivity contribution in [3.8, 4) is 5.75 Å². The molecule has 0 saturated carbocycles. The number of hydrogen-bond acceptors (Lipinski definition) is 4. The summed E-state index contributed by atoms with van der Waals surface area (Å²) in [7, 11) is 0. The second-order valence-electron chi connectivity index (χ2n) is 3.68. The molecule has 0 aliphatic carbocycles. The summed E-state index contributed by atoms with van der Waals surface area (Å²) in [6.07, 6.45) is 0. The van der Waals surface area contributed by atoms with E-state index in [1.165, 1.54) is 0 Å². The molecule has 0 amide bonds. The molecular weight excluding hydrogens is 250 g/mol. The van der Waals surface area contributed by atoms with Crippen molar-refractivity contribution in [3.63, 3.8) is 0 Å². The number of benzene rings is 1. The molecule has 2 aromatic rings. The minimum Gasteiger partial charge on any atom is -0.494 e. The summed E-state index contributed by atoms with van der Waals surface area (Å²) in [6, 6.07) is 11.4. The lowest BCUT2D eigenvalue weighted by molar-refractivity contribution is 0.340. The average Bonchev–Trinajstić information content (AvgIpc) is 2.39. The number of ether oxygens (including phenoxy) is 1. The predicted molar refractivity (Wildman–Crippen MR) is 72.0 cm³/mol. The van der Waals surface area contributed by atoms with E-state index in [4.69, 9.17) is 16.3 Å². The lowest BCUT2D eigenvalue weighted by atomic mass is 10.2. The minimum atomic E-state index is 0.388. The Labute approximate surface area is 111 Å². The van der Waals surface area contributed by atoms with Crippen molar-refractivity contribution < 1.29 is 4.74 Å². The van der Waals surface area contributed by atoms with Crippen molar-refractivity contribution in [2.45, 2.75) is 13.5 Å². The highest BCUT2D eigenvalue weighted by Crippen LogP contribution is 2.14. The number of hydrogen-bond donors (Lipinski definition) is 1. The maximum absolute atomic E-state index is 5.67. The van der Waals surface area contributed by atoms with Crippen molar-refractivity contribution in [2.75, 3.05) is 11.9 Å². The van der Waals surface area contributed by atoms with Crippen LogP contribution < -0.4 is 10.1 Å². The quantitative estimate of drug-likeness (QED) is 0.900. The maximum Gasteiger partial charge on any atom is 0.151 e. The molecule has 1 aromatic heterocycles. The highest BCUT2D eigenvalue weighted by molar-refractivity contribution is 6.29. The third kappa shape index (κ3) is 3.60. The largest absolute Gasteiger partial charge is 0.494 e. The van der Waals surface area contributed by atoms with Crippen LogP contribution >= 0.6 is 11.6 Å². The summed E-state index contributed by atoms with van der Waals surface area (Å²) in [4.78, 5) is 0. The van der Waals surface area contributed by atoms with Gasteiger partial charge in [-0.15, -0.1) is 10.2 Å². The first-order valence-corrected chi connectivity index (χ1v) is 6.10. The Morgan fingerprint density at radius 2 is 2.11 bits per heavy atom. The first-order valence-electron chi connectivity index (χ1n) is 5.73. The average molecular weight is 264 g/mol. The maximum atomic E-state index is 5.67. The number of rotatable bonds is 5. The van der Waals surface area contributed by atoms with Gasteiger partial charge in [-0.3, -0.25) is 0 Å². The Balaban J connectivity index is 1.97. The van der Waals surface area contributed by atoms with Gasteiger partial charge < -0.3 is 10.1 Å². The van der Waals surface area contributed by atoms with Gasteiger partial charge >= 0.3 is 0 Å². The van der Waals surface area contributed by atoms with E-state index in [0.29, 0.717) is 24.1 Å². The van der Waals surface area contributed by atoms with E-state index in [0.717, 1.165) is 11.3 Å². The number of nitrogens with zero attached hydrogens (tertiary/aromatic N) is 2. The van der Waals surface area contributed by atoms with Crippen molar-refractivity contribution in [2.24, 2.45) is 0 Å². The SMILES string of the molecule is CCOc1cccc(CNc2ccc(Cl)nn2)c1. The van der Waals surface area contributed by atoms with Crippen molar-refractivity contribution in [3.05, 3.63) is 47.1 Å². The summed E-state index contributed by atoms with van der Waals surface area (Å²) >= 11 is 5.67. The van der Waals surface area contributed by atoms with E-state index in [1.54, 1.807) is 12.1 Å². The molecule has 1 N–H and O–H groups in total. The first kappa shape index (κ1) is 12.6. The highest BCUT2D eigenvalue weighted by atomic mass is 35.5. The molecule has 1 heterocycles. The van der Waals surface area contributed by atoms with Crippen molar-refractivity contribution in [1.82, 2.24) is 10.2 Å². The van der Waals surface area contributed by atoms with Crippen molar-refractivity contribution in [1.29, 1.82) is 0 Å². The highest BCUT2D eigenvalue weighted by Gasteiger charge is 1.98. The predicted octanol–water partition coefficient (Wildman–Crippen LogP) is 3.14. The normalized spacial score (nSPS) is 10.1. The molecule has 0 unspecified atom stereocenters. The summed E-state index contributed by atoms with van der Waals surface area (Å²) in [5.41, 5.74) is 1.12. The molecule has 0 radical (unpaired) electrons. The van der Waals surface area contributed by atoms with Gasteiger partial charge in [0.1, 0.15) is 11.6 Å². The lowest BCUT2D eigenvalue weighted by Crippen LogP contribution is -2.02. The fourth-order valence-electron chi connectivity index (χ4n) is 1.51. The molecule has 1 aromatic carbocycles. The Morgan fingerprint density at radius 3 is 2.83 bits per heavy atom. The second-order valence-corrected chi connectivity index (χ2v) is 4.06. The molecule has 2 rings (SSSR count). The van der Waals surface area contributed by atoms with Crippen LogP contribution in [-0.2, 0) is 6.54 Å². The topological polar surface area (TPSA) is 47.0 Å². The Morgan fingerprint density at radius 1 is 1.22 bits per heavy atom. The number of nitrogens with one attached hydrogen (secondary N) is 1. The van der Waals surface area contributed by atoms with Crippen LogP contribution in [0.4, 0.5) is 5.82 Å². The van der Waals surface area contributed by atoms with Gasteiger partial charge in [-0.05, 0) is 36.8 Å². The number of anilines is 1. The van der Waals surface area contributed by atoms with E-state index in [2.05, 4.69) is 15.5 Å². The van der Waals surface area contributed by atoms with Gasteiger partial charge in [0.2, 0.25) is 0 Å². The smallest absolute Gasteiger partial charge is 0.151 e. The van der Waals surface area contributed by atoms with Gasteiger partial charge in [-0.1, -0.05) is 23.7 Å². The zero-order valence-corrected chi connectivity index (χ0v) is 10.8. The fourth-order valence-corrected chi connectivity index (χ4v) is 1.62. The third-order valence-corrected chi connectivity index (χ3v) is 2.52. The van der Waals surface area contributed by atoms with Crippen LogP contribution in [0.25, 0.3) is 0 Å². The van der Waals surface area contributed by atoms with Crippen LogP contribution in [0.1, 0.15) is 12.5 Å². The molecule has 4 nitrogen and oxygen atoms in total. The van der Waals surface area contributed by atoms with E-state index in [9.17, 15) is 0 Å². The van der Waals surface area contributed by atoms with Gasteiger partial charge in [0.05, 0.1) is 6.61 Å². The number of halogens is 1. The van der Waals surface area contributed by atoms with Gasteiger partial charge in [-0.2, -0.15) is 0 Å². The first-order chi connectivity index (χ1) is 8.78. The molecular formula is C13H14ClN3O. The lowest BCUT2D eigenvalue weighted by Gasteiger charge is -2.07. The molecule has 0 bridgehead atoms. The molecule has 0 aliphatic rings. The Kier molecular flexibility index (Phi) is 4.36. The van der Waals surface area contributed by atoms with E-state index < -0.39 is 0 Å². The van der Waals surface area contributed by atoms with Gasteiger partial charge in [0.25, 0.3) is 0 Å². The van der Waals surface area contributed by atoms with Crippen LogP contribution in [0.2, 0.25) is 5.15 Å². The zero-order chi connectivity index (χ0) is 12.8. The van der Waals surface area contributed by atoms with Gasteiger partial charge in [0.15, 0.2) is 5.15 Å². The summed E-state index contributed by atoms with van der Waals surface area (Å²) in [5, 5.41) is 11.3. The molecule has 0 spiro atoms. The van der Waals surface area contributed by atoms with E-state index >= 15 is 0 Å². The van der Waals surface area contributed by atoms with Crippen LogP contribution in [0, 0.1) is 0 Å². The minimum absolute atomic E-state index is 0.388. The van der Waals surface area contributed by atoms with Crippen LogP contribution in [0.5, 0.6) is 5.75 Å². The summed E-state index contributed by atoms with van der Waals surface area (Å²) in [6.45, 7) is 3.30. The van der Waals surface area contributed by atoms with Crippen molar-refractivity contribution >= 4 is 17.4 Å². The summed E-state index contributed by atoms with van der Waals surface area (Å²) in [5.74, 6) is 1.57. The van der Waals surface area contributed by atoms with E-state index in [1.807, 2.05) is 31.2 Å².